The van der Waals surface area contributed by atoms with Crippen LogP contribution in [0.15, 0.2) is 0 Å². The van der Waals surface area contributed by atoms with Crippen LogP contribution in [0.2, 0.25) is 0 Å². The average molecular weight is 155 g/mol. The van der Waals surface area contributed by atoms with Crippen LogP contribution in [-0.2, 0) is 4.74 Å². The lowest BCUT2D eigenvalue weighted by molar-refractivity contribution is 0.0369. The van der Waals surface area contributed by atoms with Crippen molar-refractivity contribution in [3.8, 4) is 0 Å². The largest absolute Gasteiger partial charge is 0.378 e. The SMILES string of the molecule is CCN1CCC2OCCC2C1. The smallest absolute Gasteiger partial charge is 0.0628 e. The average Bonchev–Trinajstić information content (AvgIpc) is 2.50. The Kier molecular flexibility index (Phi) is 2.14. The molecule has 0 amide bonds. The Morgan fingerprint density at radius 3 is 3.18 bits per heavy atom. The molecule has 2 atom stereocenters. The van der Waals surface area contributed by atoms with Gasteiger partial charge in [0, 0.05) is 25.6 Å². The lowest BCUT2D eigenvalue weighted by Crippen LogP contribution is -2.40. The van der Waals surface area contributed by atoms with Crippen LogP contribution in [0, 0.1) is 5.92 Å². The van der Waals surface area contributed by atoms with Crippen molar-refractivity contribution >= 4 is 0 Å². The van der Waals surface area contributed by atoms with Crippen molar-refractivity contribution in [2.24, 2.45) is 5.92 Å². The molecule has 2 heterocycles. The third-order valence-electron chi connectivity index (χ3n) is 3.02. The quantitative estimate of drug-likeness (QED) is 0.562. The molecule has 0 N–H and O–H groups in total. The molecule has 0 saturated carbocycles. The van der Waals surface area contributed by atoms with E-state index in [0.717, 1.165) is 12.5 Å². The van der Waals surface area contributed by atoms with Gasteiger partial charge in [0.15, 0.2) is 0 Å². The molecule has 0 aromatic heterocycles. The summed E-state index contributed by atoms with van der Waals surface area (Å²) in [6.45, 7) is 6.99. The third kappa shape index (κ3) is 1.42. The molecule has 2 aliphatic rings. The van der Waals surface area contributed by atoms with Crippen LogP contribution in [-0.4, -0.2) is 37.2 Å². The first-order valence-electron chi connectivity index (χ1n) is 4.74. The van der Waals surface area contributed by atoms with Gasteiger partial charge in [-0.3, -0.25) is 0 Å². The number of piperidine rings is 1. The van der Waals surface area contributed by atoms with Gasteiger partial charge in [-0.2, -0.15) is 0 Å². The van der Waals surface area contributed by atoms with Crippen LogP contribution in [0.5, 0.6) is 0 Å². The van der Waals surface area contributed by atoms with Gasteiger partial charge in [0.1, 0.15) is 0 Å². The minimum Gasteiger partial charge on any atom is -0.378 e. The van der Waals surface area contributed by atoms with Crippen molar-refractivity contribution in [3.63, 3.8) is 0 Å². The molecule has 2 fully saturated rings. The van der Waals surface area contributed by atoms with Crippen LogP contribution < -0.4 is 0 Å². The van der Waals surface area contributed by atoms with Gasteiger partial charge >= 0.3 is 0 Å². The van der Waals surface area contributed by atoms with Crippen LogP contribution >= 0.6 is 0 Å². The summed E-state index contributed by atoms with van der Waals surface area (Å²) < 4.78 is 5.62. The molecule has 2 unspecified atom stereocenters. The monoisotopic (exact) mass is 155 g/mol. The van der Waals surface area contributed by atoms with Gasteiger partial charge in [-0.15, -0.1) is 0 Å². The fourth-order valence-corrected chi connectivity index (χ4v) is 2.24. The summed E-state index contributed by atoms with van der Waals surface area (Å²) in [4.78, 5) is 2.54. The third-order valence-corrected chi connectivity index (χ3v) is 3.02. The van der Waals surface area contributed by atoms with E-state index in [-0.39, 0.29) is 0 Å². The Labute approximate surface area is 68.5 Å². The number of fused-ring (bicyclic) bond motifs is 1. The number of nitrogens with zero attached hydrogens (tertiary/aromatic N) is 1. The van der Waals surface area contributed by atoms with Crippen molar-refractivity contribution in [1.82, 2.24) is 4.90 Å². The molecular weight excluding hydrogens is 138 g/mol. The first-order chi connectivity index (χ1) is 5.40. The molecule has 2 rings (SSSR count). The second kappa shape index (κ2) is 3.11. The lowest BCUT2D eigenvalue weighted by atomic mass is 9.94. The molecule has 0 aliphatic carbocycles. The van der Waals surface area contributed by atoms with Gasteiger partial charge in [0.25, 0.3) is 0 Å². The van der Waals surface area contributed by atoms with Gasteiger partial charge < -0.3 is 9.64 Å². The Bertz CT molecular complexity index is 138. The maximum atomic E-state index is 5.62. The van der Waals surface area contributed by atoms with Gasteiger partial charge in [-0.25, -0.2) is 0 Å². The first-order valence-corrected chi connectivity index (χ1v) is 4.74. The molecule has 0 radical (unpaired) electrons. The normalized spacial score (nSPS) is 39.0. The minimum atomic E-state index is 0.609. The Hall–Kier alpha value is -0.0800. The molecule has 2 saturated heterocycles. The molecular formula is C9H17NO. The summed E-state index contributed by atoms with van der Waals surface area (Å²) in [6, 6.07) is 0. The molecule has 64 valence electrons. The summed E-state index contributed by atoms with van der Waals surface area (Å²) in [5, 5.41) is 0. The number of hydrogen-bond donors (Lipinski definition) is 0. The standard InChI is InChI=1S/C9H17NO/c1-2-10-5-3-9-8(7-10)4-6-11-9/h8-9H,2-7H2,1H3. The fourth-order valence-electron chi connectivity index (χ4n) is 2.24. The maximum absolute atomic E-state index is 5.62. The number of rotatable bonds is 1. The topological polar surface area (TPSA) is 12.5 Å². The summed E-state index contributed by atoms with van der Waals surface area (Å²) in [6.07, 6.45) is 3.16. The van der Waals surface area contributed by atoms with Crippen LogP contribution in [0.1, 0.15) is 19.8 Å². The second-order valence-corrected chi connectivity index (χ2v) is 3.64. The number of likely N-dealkylation sites (tertiary alicyclic amines) is 1. The highest BCUT2D eigenvalue weighted by molar-refractivity contribution is 4.84. The molecule has 0 spiro atoms. The van der Waals surface area contributed by atoms with Crippen LogP contribution in [0.25, 0.3) is 0 Å². The highest BCUT2D eigenvalue weighted by Crippen LogP contribution is 2.28. The van der Waals surface area contributed by atoms with Gasteiger partial charge in [0.05, 0.1) is 6.10 Å². The van der Waals surface area contributed by atoms with Gasteiger partial charge in [0.2, 0.25) is 0 Å². The highest BCUT2D eigenvalue weighted by atomic mass is 16.5. The van der Waals surface area contributed by atoms with E-state index in [0.29, 0.717) is 6.10 Å². The van der Waals surface area contributed by atoms with E-state index >= 15 is 0 Å². The Balaban J connectivity index is 1.91. The van der Waals surface area contributed by atoms with Crippen molar-refractivity contribution in [3.05, 3.63) is 0 Å². The molecule has 0 aromatic carbocycles. The number of ether oxygens (including phenoxy) is 1. The van der Waals surface area contributed by atoms with E-state index in [4.69, 9.17) is 4.74 Å². The van der Waals surface area contributed by atoms with Crippen molar-refractivity contribution < 1.29 is 4.74 Å². The lowest BCUT2D eigenvalue weighted by Gasteiger charge is -2.33. The predicted octanol–water partition coefficient (Wildman–Crippen LogP) is 1.12. The van der Waals surface area contributed by atoms with E-state index in [9.17, 15) is 0 Å². The Morgan fingerprint density at radius 1 is 1.45 bits per heavy atom. The predicted molar refractivity (Wildman–Crippen MR) is 44.6 cm³/mol. The molecule has 0 bridgehead atoms. The van der Waals surface area contributed by atoms with Crippen LogP contribution in [0.4, 0.5) is 0 Å². The zero-order valence-electron chi connectivity index (χ0n) is 7.25. The van der Waals surface area contributed by atoms with Crippen LogP contribution in [0.3, 0.4) is 0 Å². The van der Waals surface area contributed by atoms with E-state index in [1.807, 2.05) is 0 Å². The summed E-state index contributed by atoms with van der Waals surface area (Å²) in [5.74, 6) is 0.851. The first kappa shape index (κ1) is 7.56. The Morgan fingerprint density at radius 2 is 2.36 bits per heavy atom. The fraction of sp³-hybridized carbons (Fsp3) is 1.00. The van der Waals surface area contributed by atoms with Crippen molar-refractivity contribution in [1.29, 1.82) is 0 Å². The summed E-state index contributed by atoms with van der Waals surface area (Å²) in [5.41, 5.74) is 0. The minimum absolute atomic E-state index is 0.609. The number of hydrogen-bond acceptors (Lipinski definition) is 2. The molecule has 0 aromatic rings. The molecule has 2 heteroatoms. The van der Waals surface area contributed by atoms with Crippen molar-refractivity contribution in [2.75, 3.05) is 26.2 Å². The molecule has 11 heavy (non-hydrogen) atoms. The highest BCUT2D eigenvalue weighted by Gasteiger charge is 2.32. The molecule has 2 aliphatic heterocycles. The van der Waals surface area contributed by atoms with Gasteiger partial charge in [-0.1, -0.05) is 6.92 Å². The second-order valence-electron chi connectivity index (χ2n) is 3.64. The van der Waals surface area contributed by atoms with Crippen molar-refractivity contribution in [2.45, 2.75) is 25.9 Å². The summed E-state index contributed by atoms with van der Waals surface area (Å²) >= 11 is 0. The zero-order valence-corrected chi connectivity index (χ0v) is 7.25. The summed E-state index contributed by atoms with van der Waals surface area (Å²) in [7, 11) is 0. The van der Waals surface area contributed by atoms with E-state index in [2.05, 4.69) is 11.8 Å². The molecule has 2 nitrogen and oxygen atoms in total. The van der Waals surface area contributed by atoms with E-state index < -0.39 is 0 Å². The van der Waals surface area contributed by atoms with Gasteiger partial charge in [-0.05, 0) is 19.4 Å². The maximum Gasteiger partial charge on any atom is 0.0628 e. The zero-order chi connectivity index (χ0) is 7.68. The van der Waals surface area contributed by atoms with E-state index in [1.54, 1.807) is 0 Å². The van der Waals surface area contributed by atoms with E-state index in [1.165, 1.54) is 32.5 Å².